The molecule has 126 valence electrons. The van der Waals surface area contributed by atoms with Crippen LogP contribution in [0.5, 0.6) is 0 Å². The molecule has 23 heavy (non-hydrogen) atoms. The van der Waals surface area contributed by atoms with E-state index in [2.05, 4.69) is 39.4 Å². The number of amides is 1. The molecule has 0 aliphatic carbocycles. The Kier molecular flexibility index (Phi) is 5.51. The highest BCUT2D eigenvalue weighted by Crippen LogP contribution is 2.26. The van der Waals surface area contributed by atoms with E-state index < -0.39 is 0 Å². The van der Waals surface area contributed by atoms with Crippen LogP contribution in [0.15, 0.2) is 24.3 Å². The highest BCUT2D eigenvalue weighted by Gasteiger charge is 2.21. The summed E-state index contributed by atoms with van der Waals surface area (Å²) < 4.78 is 0. The second-order valence-corrected chi connectivity index (χ2v) is 6.64. The van der Waals surface area contributed by atoms with Gasteiger partial charge in [-0.3, -0.25) is 9.69 Å². The van der Waals surface area contributed by atoms with E-state index in [1.807, 2.05) is 0 Å². The van der Waals surface area contributed by atoms with Gasteiger partial charge in [0.15, 0.2) is 0 Å². The number of aliphatic hydroxyl groups is 1. The Balaban J connectivity index is 1.38. The molecule has 1 atom stereocenters. The van der Waals surface area contributed by atoms with Gasteiger partial charge in [-0.2, -0.15) is 0 Å². The molecule has 2 aliphatic heterocycles. The van der Waals surface area contributed by atoms with Gasteiger partial charge in [0.25, 0.3) is 0 Å². The van der Waals surface area contributed by atoms with Crippen LogP contribution >= 0.6 is 0 Å². The molecule has 0 spiro atoms. The molecule has 0 radical (unpaired) electrons. The minimum absolute atomic E-state index is 0.0936. The number of rotatable bonds is 6. The van der Waals surface area contributed by atoms with Gasteiger partial charge in [0, 0.05) is 38.5 Å². The van der Waals surface area contributed by atoms with Crippen molar-refractivity contribution in [3.63, 3.8) is 0 Å². The first-order valence-electron chi connectivity index (χ1n) is 8.69. The van der Waals surface area contributed by atoms with Crippen LogP contribution in [0.3, 0.4) is 0 Å². The Morgan fingerprint density at radius 1 is 1.30 bits per heavy atom. The van der Waals surface area contributed by atoms with Crippen molar-refractivity contribution >= 4 is 11.6 Å². The number of para-hydroxylation sites is 1. The highest BCUT2D eigenvalue weighted by molar-refractivity contribution is 5.78. The lowest BCUT2D eigenvalue weighted by Crippen LogP contribution is -2.44. The zero-order valence-electron chi connectivity index (χ0n) is 13.7. The van der Waals surface area contributed by atoms with Crippen LogP contribution < -0.4 is 10.2 Å². The lowest BCUT2D eigenvalue weighted by molar-refractivity contribution is -0.122. The van der Waals surface area contributed by atoms with Crippen LogP contribution in [-0.4, -0.2) is 61.8 Å². The SMILES string of the molecule is O=C(CN1CCCC(CO)C1)NCCN1CCc2ccccc21. The van der Waals surface area contributed by atoms with Crippen LogP contribution in [0.25, 0.3) is 0 Å². The van der Waals surface area contributed by atoms with Crippen molar-refractivity contribution < 1.29 is 9.90 Å². The number of hydrogen-bond acceptors (Lipinski definition) is 4. The number of fused-ring (bicyclic) bond motifs is 1. The van der Waals surface area contributed by atoms with Gasteiger partial charge in [0.1, 0.15) is 0 Å². The van der Waals surface area contributed by atoms with E-state index in [0.29, 0.717) is 19.0 Å². The van der Waals surface area contributed by atoms with Crippen molar-refractivity contribution in [3.8, 4) is 0 Å². The maximum atomic E-state index is 12.1. The van der Waals surface area contributed by atoms with Crippen LogP contribution in [0, 0.1) is 5.92 Å². The summed E-state index contributed by atoms with van der Waals surface area (Å²) in [6, 6.07) is 8.50. The molecule has 0 bridgehead atoms. The Labute approximate surface area is 138 Å². The van der Waals surface area contributed by atoms with Crippen molar-refractivity contribution in [2.75, 3.05) is 50.8 Å². The van der Waals surface area contributed by atoms with E-state index >= 15 is 0 Å². The van der Waals surface area contributed by atoms with Gasteiger partial charge in [-0.25, -0.2) is 0 Å². The van der Waals surface area contributed by atoms with E-state index in [9.17, 15) is 9.90 Å². The minimum atomic E-state index is 0.0936. The summed E-state index contributed by atoms with van der Waals surface area (Å²) in [6.07, 6.45) is 3.24. The molecule has 3 rings (SSSR count). The zero-order chi connectivity index (χ0) is 16.1. The normalized spacial score (nSPS) is 21.3. The zero-order valence-corrected chi connectivity index (χ0v) is 13.7. The summed E-state index contributed by atoms with van der Waals surface area (Å²) in [5.74, 6) is 0.425. The number of anilines is 1. The Bertz CT molecular complexity index is 535. The summed E-state index contributed by atoms with van der Waals surface area (Å²) >= 11 is 0. The molecule has 1 amide bonds. The fourth-order valence-corrected chi connectivity index (χ4v) is 3.67. The average molecular weight is 317 g/mol. The topological polar surface area (TPSA) is 55.8 Å². The molecule has 1 aromatic rings. The van der Waals surface area contributed by atoms with Crippen LogP contribution in [0.4, 0.5) is 5.69 Å². The predicted octanol–water partition coefficient (Wildman–Crippen LogP) is 0.870. The predicted molar refractivity (Wildman–Crippen MR) is 91.6 cm³/mol. The van der Waals surface area contributed by atoms with Crippen molar-refractivity contribution in [1.82, 2.24) is 10.2 Å². The van der Waals surface area contributed by atoms with E-state index in [0.717, 1.165) is 45.4 Å². The summed E-state index contributed by atoms with van der Waals surface area (Å²) in [5.41, 5.74) is 2.71. The van der Waals surface area contributed by atoms with Gasteiger partial charge in [0.05, 0.1) is 6.54 Å². The maximum absolute atomic E-state index is 12.1. The molecule has 0 aromatic heterocycles. The van der Waals surface area contributed by atoms with Crippen molar-refractivity contribution in [3.05, 3.63) is 29.8 Å². The quantitative estimate of drug-likeness (QED) is 0.817. The second-order valence-electron chi connectivity index (χ2n) is 6.64. The molecule has 2 heterocycles. The molecule has 1 fully saturated rings. The number of nitrogens with one attached hydrogen (secondary N) is 1. The number of nitrogens with zero attached hydrogens (tertiary/aromatic N) is 2. The monoisotopic (exact) mass is 317 g/mol. The van der Waals surface area contributed by atoms with Crippen molar-refractivity contribution in [1.29, 1.82) is 0 Å². The standard InChI is InChI=1S/C18H27N3O2/c22-14-15-4-3-9-20(12-15)13-18(23)19-8-11-21-10-7-16-5-1-2-6-17(16)21/h1-2,5-6,15,22H,3-4,7-14H2,(H,19,23). The molecule has 2 aliphatic rings. The third-order valence-electron chi connectivity index (χ3n) is 4.92. The van der Waals surface area contributed by atoms with E-state index in [-0.39, 0.29) is 12.5 Å². The first-order valence-corrected chi connectivity index (χ1v) is 8.69. The maximum Gasteiger partial charge on any atom is 0.234 e. The van der Waals surface area contributed by atoms with E-state index in [1.165, 1.54) is 11.3 Å². The molecule has 5 nitrogen and oxygen atoms in total. The average Bonchev–Trinajstić information content (AvgIpc) is 2.98. The van der Waals surface area contributed by atoms with Crippen molar-refractivity contribution in [2.45, 2.75) is 19.3 Å². The Morgan fingerprint density at radius 3 is 3.04 bits per heavy atom. The number of carbonyl (C=O) groups excluding carboxylic acids is 1. The van der Waals surface area contributed by atoms with Gasteiger partial charge < -0.3 is 15.3 Å². The minimum Gasteiger partial charge on any atom is -0.396 e. The number of benzene rings is 1. The summed E-state index contributed by atoms with van der Waals surface area (Å²) in [6.45, 7) is 5.07. The van der Waals surface area contributed by atoms with Gasteiger partial charge in [-0.1, -0.05) is 18.2 Å². The summed E-state index contributed by atoms with van der Waals surface area (Å²) in [4.78, 5) is 16.6. The van der Waals surface area contributed by atoms with Crippen LogP contribution in [-0.2, 0) is 11.2 Å². The lowest BCUT2D eigenvalue weighted by Gasteiger charge is -2.31. The molecule has 1 unspecified atom stereocenters. The Hall–Kier alpha value is -1.59. The molecule has 1 saturated heterocycles. The smallest absolute Gasteiger partial charge is 0.234 e. The van der Waals surface area contributed by atoms with Gasteiger partial charge in [0.2, 0.25) is 5.91 Å². The van der Waals surface area contributed by atoms with Crippen LogP contribution in [0.1, 0.15) is 18.4 Å². The number of carbonyl (C=O) groups is 1. The fraction of sp³-hybridized carbons (Fsp3) is 0.611. The molecule has 2 N–H and O–H groups in total. The highest BCUT2D eigenvalue weighted by atomic mass is 16.3. The van der Waals surface area contributed by atoms with Crippen LogP contribution in [0.2, 0.25) is 0 Å². The van der Waals surface area contributed by atoms with E-state index in [1.54, 1.807) is 0 Å². The largest absolute Gasteiger partial charge is 0.396 e. The van der Waals surface area contributed by atoms with Gasteiger partial charge >= 0.3 is 0 Å². The van der Waals surface area contributed by atoms with Gasteiger partial charge in [-0.15, -0.1) is 0 Å². The number of aliphatic hydroxyl groups excluding tert-OH is 1. The third-order valence-corrected chi connectivity index (χ3v) is 4.92. The first kappa shape index (κ1) is 16.3. The summed E-state index contributed by atoms with van der Waals surface area (Å²) in [7, 11) is 0. The van der Waals surface area contributed by atoms with Crippen molar-refractivity contribution in [2.24, 2.45) is 5.92 Å². The van der Waals surface area contributed by atoms with Gasteiger partial charge in [-0.05, 0) is 43.4 Å². The van der Waals surface area contributed by atoms with E-state index in [4.69, 9.17) is 0 Å². The lowest BCUT2D eigenvalue weighted by atomic mass is 9.99. The molecule has 1 aromatic carbocycles. The number of piperidine rings is 1. The first-order chi connectivity index (χ1) is 11.3. The molecular formula is C18H27N3O2. The Morgan fingerprint density at radius 2 is 2.17 bits per heavy atom. The second kappa shape index (κ2) is 7.79. The summed E-state index contributed by atoms with van der Waals surface area (Å²) in [5, 5.41) is 12.3. The molecule has 5 heteroatoms. The number of hydrogen-bond donors (Lipinski definition) is 2. The molecular weight excluding hydrogens is 290 g/mol. The molecule has 0 saturated carbocycles. The third kappa shape index (κ3) is 4.24. The number of likely N-dealkylation sites (tertiary alicyclic amines) is 1. The fourth-order valence-electron chi connectivity index (χ4n) is 3.67.